The van der Waals surface area contributed by atoms with E-state index in [1.54, 1.807) is 0 Å². The fourth-order valence-corrected chi connectivity index (χ4v) is 5.60. The van der Waals surface area contributed by atoms with E-state index in [1.807, 2.05) is 0 Å². The van der Waals surface area contributed by atoms with Crippen molar-refractivity contribution in [1.29, 1.82) is 0 Å². The van der Waals surface area contributed by atoms with Gasteiger partial charge >= 0.3 is 12.3 Å². The van der Waals surface area contributed by atoms with Crippen LogP contribution in [0.5, 0.6) is 5.75 Å². The molecule has 2 aromatic rings. The van der Waals surface area contributed by atoms with Crippen LogP contribution in [-0.2, 0) is 23.6 Å². The molecule has 0 saturated heterocycles. The van der Waals surface area contributed by atoms with Gasteiger partial charge in [-0.1, -0.05) is 19.1 Å². The second-order valence-electron chi connectivity index (χ2n) is 10.5. The van der Waals surface area contributed by atoms with Gasteiger partial charge in [0.05, 0.1) is 12.7 Å². The van der Waals surface area contributed by atoms with E-state index in [1.165, 1.54) is 6.42 Å². The fourth-order valence-electron chi connectivity index (χ4n) is 5.60. The maximum atomic E-state index is 14.6. The third-order valence-corrected chi connectivity index (χ3v) is 7.77. The molecular weight excluding hydrogens is 551 g/mol. The molecule has 40 heavy (non-hydrogen) atoms. The van der Waals surface area contributed by atoms with Gasteiger partial charge in [-0.25, -0.2) is 17.6 Å². The van der Waals surface area contributed by atoms with Crippen molar-refractivity contribution >= 4 is 0 Å². The summed E-state index contributed by atoms with van der Waals surface area (Å²) in [6.45, 7) is 1.95. The fraction of sp³-hybridized carbons (Fsp3) is 0.517. The molecule has 4 rings (SSSR count). The highest BCUT2D eigenvalue weighted by Gasteiger charge is 2.43. The van der Waals surface area contributed by atoms with E-state index in [9.17, 15) is 39.5 Å². The second kappa shape index (κ2) is 12.0. The summed E-state index contributed by atoms with van der Waals surface area (Å²) in [6, 6.07) is 0.983. The first-order valence-corrected chi connectivity index (χ1v) is 13.2. The van der Waals surface area contributed by atoms with Gasteiger partial charge in [0, 0.05) is 12.1 Å². The monoisotopic (exact) mass is 580 g/mol. The quantitative estimate of drug-likeness (QED) is 0.229. The van der Waals surface area contributed by atoms with Crippen molar-refractivity contribution in [3.63, 3.8) is 0 Å². The maximum Gasteiger partial charge on any atom is 0.432 e. The first-order valence-electron chi connectivity index (χ1n) is 13.2. The van der Waals surface area contributed by atoms with Gasteiger partial charge in [-0.3, -0.25) is 0 Å². The third-order valence-electron chi connectivity index (χ3n) is 7.77. The van der Waals surface area contributed by atoms with Crippen LogP contribution in [0.15, 0.2) is 36.4 Å². The molecule has 0 radical (unpaired) electrons. The van der Waals surface area contributed by atoms with Crippen molar-refractivity contribution in [2.75, 3.05) is 0 Å². The van der Waals surface area contributed by atoms with Crippen LogP contribution in [0.1, 0.15) is 68.6 Å². The number of rotatable bonds is 8. The summed E-state index contributed by atoms with van der Waals surface area (Å²) >= 11 is 0. The normalized spacial score (nSPS) is 23.9. The van der Waals surface area contributed by atoms with Crippen LogP contribution in [-0.4, -0.2) is 6.10 Å². The van der Waals surface area contributed by atoms with Crippen LogP contribution in [0.4, 0.5) is 39.5 Å². The standard InChI is InChI=1S/C29H29F9O2/c1-2-16-3-5-18(6-4-16)19-7-9-20(10-8-19)39-15-17-11-22(30)27(23(31)12-17)29(37,38)40-21-13-24(32)26(25(33)14-21)28(34,35)36/h3,5,11-14,16,18-20H,2,4,6-10,15H2,1H3. The van der Waals surface area contributed by atoms with Crippen LogP contribution in [0.3, 0.4) is 0 Å². The Labute approximate surface area is 226 Å². The minimum Gasteiger partial charge on any atom is -0.429 e. The molecule has 1 saturated carbocycles. The number of alkyl halides is 5. The van der Waals surface area contributed by atoms with Crippen LogP contribution < -0.4 is 4.74 Å². The van der Waals surface area contributed by atoms with E-state index in [0.29, 0.717) is 29.9 Å². The summed E-state index contributed by atoms with van der Waals surface area (Å²) in [4.78, 5) is 0. The van der Waals surface area contributed by atoms with Crippen LogP contribution in [0, 0.1) is 41.0 Å². The number of halogens is 9. The minimum atomic E-state index is -5.43. The molecule has 2 nitrogen and oxygen atoms in total. The lowest BCUT2D eigenvalue weighted by Gasteiger charge is -2.35. The summed E-state index contributed by atoms with van der Waals surface area (Å²) in [6.07, 6.45) is 1.16. The smallest absolute Gasteiger partial charge is 0.429 e. The predicted molar refractivity (Wildman–Crippen MR) is 128 cm³/mol. The Morgan fingerprint density at radius 1 is 0.725 bits per heavy atom. The van der Waals surface area contributed by atoms with Crippen molar-refractivity contribution < 1.29 is 49.0 Å². The number of allylic oxidation sites excluding steroid dienone is 2. The highest BCUT2D eigenvalue weighted by atomic mass is 19.4. The van der Waals surface area contributed by atoms with E-state index >= 15 is 0 Å². The summed E-state index contributed by atoms with van der Waals surface area (Å²) < 4.78 is 134. The lowest BCUT2D eigenvalue weighted by atomic mass is 9.73. The van der Waals surface area contributed by atoms with E-state index in [4.69, 9.17) is 4.74 Å². The van der Waals surface area contributed by atoms with E-state index in [0.717, 1.165) is 38.5 Å². The first kappa shape index (κ1) is 30.3. The van der Waals surface area contributed by atoms with Crippen LogP contribution in [0.2, 0.25) is 0 Å². The van der Waals surface area contributed by atoms with Crippen molar-refractivity contribution in [1.82, 2.24) is 0 Å². The zero-order valence-corrected chi connectivity index (χ0v) is 21.6. The SMILES string of the molecule is CCC1C=CC(C2CCC(OCc3cc(F)c(C(F)(F)Oc4cc(F)c(C(F)(F)F)c(F)c4)c(F)c3)CC2)CC1. The molecule has 220 valence electrons. The summed E-state index contributed by atoms with van der Waals surface area (Å²) in [7, 11) is 0. The van der Waals surface area contributed by atoms with E-state index in [2.05, 4.69) is 23.8 Å². The Hall–Kier alpha value is -2.69. The lowest BCUT2D eigenvalue weighted by molar-refractivity contribution is -0.189. The average molecular weight is 581 g/mol. The third kappa shape index (κ3) is 6.95. The Morgan fingerprint density at radius 3 is 1.80 bits per heavy atom. The molecule has 0 heterocycles. The van der Waals surface area contributed by atoms with Gasteiger partial charge in [-0.15, -0.1) is 0 Å². The molecule has 2 atom stereocenters. The van der Waals surface area contributed by atoms with E-state index in [-0.39, 0.29) is 30.4 Å². The molecule has 0 N–H and O–H groups in total. The number of hydrogen-bond acceptors (Lipinski definition) is 2. The summed E-state index contributed by atoms with van der Waals surface area (Å²) in [5.74, 6) is -7.52. The molecule has 2 aliphatic carbocycles. The Morgan fingerprint density at radius 2 is 1.30 bits per heavy atom. The van der Waals surface area contributed by atoms with Gasteiger partial charge in [0.1, 0.15) is 40.1 Å². The van der Waals surface area contributed by atoms with Gasteiger partial charge < -0.3 is 9.47 Å². The molecule has 0 aromatic heterocycles. The van der Waals surface area contributed by atoms with Gasteiger partial charge in [-0.2, -0.15) is 22.0 Å². The molecule has 1 fully saturated rings. The molecule has 2 aliphatic rings. The maximum absolute atomic E-state index is 14.6. The molecule has 0 spiro atoms. The second-order valence-corrected chi connectivity index (χ2v) is 10.5. The zero-order valence-electron chi connectivity index (χ0n) is 21.6. The van der Waals surface area contributed by atoms with Gasteiger partial charge in [0.2, 0.25) is 0 Å². The number of ether oxygens (including phenoxy) is 2. The summed E-state index contributed by atoms with van der Waals surface area (Å²) in [5, 5.41) is 0. The topological polar surface area (TPSA) is 18.5 Å². The predicted octanol–water partition coefficient (Wildman–Crippen LogP) is 9.46. The molecule has 0 aliphatic heterocycles. The van der Waals surface area contributed by atoms with E-state index < -0.39 is 52.4 Å². The number of benzene rings is 2. The van der Waals surface area contributed by atoms with Crippen LogP contribution in [0.25, 0.3) is 0 Å². The average Bonchev–Trinajstić information content (AvgIpc) is 2.85. The highest BCUT2D eigenvalue weighted by molar-refractivity contribution is 5.34. The van der Waals surface area contributed by atoms with Gasteiger partial charge in [-0.05, 0) is 80.4 Å². The van der Waals surface area contributed by atoms with Crippen molar-refractivity contribution in [3.8, 4) is 5.75 Å². The molecule has 11 heteroatoms. The summed E-state index contributed by atoms with van der Waals surface area (Å²) in [5.41, 5.74) is -4.22. The Kier molecular flexibility index (Phi) is 9.11. The Balaban J connectivity index is 1.37. The first-order chi connectivity index (χ1) is 18.8. The van der Waals surface area contributed by atoms with Crippen molar-refractivity contribution in [3.05, 3.63) is 76.4 Å². The van der Waals surface area contributed by atoms with Gasteiger partial charge in [0.25, 0.3) is 0 Å². The van der Waals surface area contributed by atoms with Crippen molar-refractivity contribution in [2.45, 2.75) is 76.9 Å². The minimum absolute atomic E-state index is 0.0517. The van der Waals surface area contributed by atoms with Crippen LogP contribution >= 0.6 is 0 Å². The highest BCUT2D eigenvalue weighted by Crippen LogP contribution is 2.40. The zero-order chi connectivity index (χ0) is 29.2. The Bertz CT molecular complexity index is 1170. The number of hydrogen-bond donors (Lipinski definition) is 0. The molecular formula is C29H29F9O2. The molecule has 0 bridgehead atoms. The lowest BCUT2D eigenvalue weighted by Crippen LogP contribution is -2.27. The van der Waals surface area contributed by atoms with Crippen molar-refractivity contribution in [2.24, 2.45) is 17.8 Å². The largest absolute Gasteiger partial charge is 0.432 e. The molecule has 0 amide bonds. The molecule has 2 unspecified atom stereocenters. The van der Waals surface area contributed by atoms with Gasteiger partial charge in [0.15, 0.2) is 0 Å². The molecule has 2 aromatic carbocycles.